The van der Waals surface area contributed by atoms with E-state index < -0.39 is 0 Å². The molecule has 0 radical (unpaired) electrons. The normalized spacial score (nSPS) is 10.6. The third-order valence-corrected chi connectivity index (χ3v) is 4.46. The second-order valence-corrected chi connectivity index (χ2v) is 6.36. The van der Waals surface area contributed by atoms with Crippen LogP contribution in [0.1, 0.15) is 16.9 Å². The molecule has 0 fully saturated rings. The van der Waals surface area contributed by atoms with Crippen LogP contribution >= 0.6 is 0 Å². The lowest BCUT2D eigenvalue weighted by atomic mass is 10.1. The standard InChI is InChI=1S/C22H25N3O4/c1-27-14-4-13-23-22(26)21-15-20(16-5-9-18(28-2)10-6-16)24-25(21)17-7-11-19(29-3)12-8-17/h5-12,15H,4,13-14H2,1-3H3,(H,23,26). The van der Waals surface area contributed by atoms with Crippen molar-refractivity contribution < 1.29 is 19.0 Å². The number of hydrogen-bond acceptors (Lipinski definition) is 5. The highest BCUT2D eigenvalue weighted by atomic mass is 16.5. The zero-order valence-corrected chi connectivity index (χ0v) is 16.8. The van der Waals surface area contributed by atoms with Gasteiger partial charge in [0.05, 0.1) is 25.6 Å². The molecule has 3 aromatic rings. The molecule has 1 amide bonds. The summed E-state index contributed by atoms with van der Waals surface area (Å²) in [5.74, 6) is 1.31. The van der Waals surface area contributed by atoms with Crippen LogP contribution in [0.4, 0.5) is 0 Å². The maximum Gasteiger partial charge on any atom is 0.270 e. The summed E-state index contributed by atoms with van der Waals surface area (Å²) in [6.07, 6.45) is 0.740. The zero-order chi connectivity index (χ0) is 20.6. The summed E-state index contributed by atoms with van der Waals surface area (Å²) in [4.78, 5) is 12.8. The smallest absolute Gasteiger partial charge is 0.270 e. The maximum absolute atomic E-state index is 12.8. The molecule has 0 bridgehead atoms. The molecule has 0 atom stereocenters. The average molecular weight is 395 g/mol. The Morgan fingerprint density at radius 2 is 1.59 bits per heavy atom. The third kappa shape index (κ3) is 4.94. The fourth-order valence-electron chi connectivity index (χ4n) is 2.87. The first-order valence-electron chi connectivity index (χ1n) is 9.32. The highest BCUT2D eigenvalue weighted by molar-refractivity contribution is 5.94. The number of amides is 1. The van der Waals surface area contributed by atoms with E-state index in [9.17, 15) is 4.79 Å². The summed E-state index contributed by atoms with van der Waals surface area (Å²) >= 11 is 0. The summed E-state index contributed by atoms with van der Waals surface area (Å²) in [5.41, 5.74) is 2.82. The lowest BCUT2D eigenvalue weighted by Crippen LogP contribution is -2.27. The number of nitrogens with zero attached hydrogens (tertiary/aromatic N) is 2. The number of aromatic nitrogens is 2. The number of nitrogens with one attached hydrogen (secondary N) is 1. The monoisotopic (exact) mass is 395 g/mol. The molecule has 1 heterocycles. The fraction of sp³-hybridized carbons (Fsp3) is 0.273. The molecule has 152 valence electrons. The van der Waals surface area contributed by atoms with Crippen molar-refractivity contribution >= 4 is 5.91 Å². The van der Waals surface area contributed by atoms with E-state index in [4.69, 9.17) is 14.2 Å². The Labute approximate surface area is 170 Å². The fourth-order valence-corrected chi connectivity index (χ4v) is 2.87. The first-order valence-corrected chi connectivity index (χ1v) is 9.32. The molecule has 1 aromatic heterocycles. The Bertz CT molecular complexity index is 934. The van der Waals surface area contributed by atoms with Crippen molar-refractivity contribution in [2.45, 2.75) is 6.42 Å². The van der Waals surface area contributed by atoms with Gasteiger partial charge in [-0.25, -0.2) is 4.68 Å². The Kier molecular flexibility index (Phi) is 6.86. The van der Waals surface area contributed by atoms with Gasteiger partial charge in [-0.1, -0.05) is 0 Å². The number of benzene rings is 2. The van der Waals surface area contributed by atoms with E-state index in [2.05, 4.69) is 10.4 Å². The number of rotatable bonds is 9. The minimum atomic E-state index is -0.191. The third-order valence-electron chi connectivity index (χ3n) is 4.46. The largest absolute Gasteiger partial charge is 0.497 e. The van der Waals surface area contributed by atoms with E-state index in [0.29, 0.717) is 24.5 Å². The Morgan fingerprint density at radius 3 is 2.17 bits per heavy atom. The SMILES string of the molecule is COCCCNC(=O)c1cc(-c2ccc(OC)cc2)nn1-c1ccc(OC)cc1. The van der Waals surface area contributed by atoms with Crippen molar-refractivity contribution in [1.29, 1.82) is 0 Å². The lowest BCUT2D eigenvalue weighted by Gasteiger charge is -2.09. The average Bonchev–Trinajstić information content (AvgIpc) is 3.22. The summed E-state index contributed by atoms with van der Waals surface area (Å²) in [7, 11) is 4.88. The van der Waals surface area contributed by atoms with Gasteiger partial charge in [0.25, 0.3) is 5.91 Å². The van der Waals surface area contributed by atoms with Crippen molar-refractivity contribution in [2.24, 2.45) is 0 Å². The Hall–Kier alpha value is -3.32. The molecule has 2 aromatic carbocycles. The van der Waals surface area contributed by atoms with E-state index in [0.717, 1.165) is 29.2 Å². The van der Waals surface area contributed by atoms with Gasteiger partial charge in [-0.05, 0) is 61.0 Å². The van der Waals surface area contributed by atoms with Gasteiger partial charge in [0.2, 0.25) is 0 Å². The molecule has 0 saturated heterocycles. The first kappa shape index (κ1) is 20.4. The highest BCUT2D eigenvalue weighted by Gasteiger charge is 2.17. The second-order valence-electron chi connectivity index (χ2n) is 6.36. The van der Waals surface area contributed by atoms with E-state index >= 15 is 0 Å². The number of carbonyl (C=O) groups is 1. The number of carbonyl (C=O) groups excluding carboxylic acids is 1. The molecule has 0 unspecified atom stereocenters. The molecule has 0 saturated carbocycles. The summed E-state index contributed by atoms with van der Waals surface area (Å²) in [6, 6.07) is 16.8. The van der Waals surface area contributed by atoms with Gasteiger partial charge in [-0.3, -0.25) is 4.79 Å². The van der Waals surface area contributed by atoms with Crippen LogP contribution in [0, 0.1) is 0 Å². The van der Waals surface area contributed by atoms with Gasteiger partial charge in [0.1, 0.15) is 17.2 Å². The maximum atomic E-state index is 12.8. The molecule has 0 spiro atoms. The molecular formula is C22H25N3O4. The van der Waals surface area contributed by atoms with Gasteiger partial charge >= 0.3 is 0 Å². The van der Waals surface area contributed by atoms with Crippen molar-refractivity contribution in [2.75, 3.05) is 34.5 Å². The second kappa shape index (κ2) is 9.75. The van der Waals surface area contributed by atoms with Crippen LogP contribution in [0.15, 0.2) is 54.6 Å². The predicted molar refractivity (Wildman–Crippen MR) is 111 cm³/mol. The number of ether oxygens (including phenoxy) is 3. The Balaban J connectivity index is 1.94. The number of methoxy groups -OCH3 is 3. The molecule has 1 N–H and O–H groups in total. The molecule has 7 nitrogen and oxygen atoms in total. The summed E-state index contributed by atoms with van der Waals surface area (Å²) in [6.45, 7) is 1.12. The van der Waals surface area contributed by atoms with Crippen LogP contribution in [0.3, 0.4) is 0 Å². The minimum absolute atomic E-state index is 0.191. The van der Waals surface area contributed by atoms with Gasteiger partial charge in [-0.15, -0.1) is 0 Å². The molecule has 0 aliphatic heterocycles. The van der Waals surface area contributed by atoms with Gasteiger partial charge in [-0.2, -0.15) is 5.10 Å². The zero-order valence-electron chi connectivity index (χ0n) is 16.8. The molecule has 7 heteroatoms. The predicted octanol–water partition coefficient (Wildman–Crippen LogP) is 3.32. The minimum Gasteiger partial charge on any atom is -0.497 e. The first-order chi connectivity index (χ1) is 14.2. The van der Waals surface area contributed by atoms with Crippen molar-refractivity contribution in [1.82, 2.24) is 15.1 Å². The van der Waals surface area contributed by atoms with Crippen LogP contribution in [-0.4, -0.2) is 50.2 Å². The summed E-state index contributed by atoms with van der Waals surface area (Å²) < 4.78 is 17.1. The topological polar surface area (TPSA) is 74.6 Å². The molecule has 3 rings (SSSR count). The van der Waals surface area contributed by atoms with Gasteiger partial charge in [0.15, 0.2) is 0 Å². The van der Waals surface area contributed by atoms with Crippen molar-refractivity contribution in [3.05, 3.63) is 60.3 Å². The van der Waals surface area contributed by atoms with Crippen molar-refractivity contribution in [3.63, 3.8) is 0 Å². The number of hydrogen-bond donors (Lipinski definition) is 1. The van der Waals surface area contributed by atoms with Crippen LogP contribution in [0.2, 0.25) is 0 Å². The van der Waals surface area contributed by atoms with Crippen LogP contribution in [0.5, 0.6) is 11.5 Å². The lowest BCUT2D eigenvalue weighted by molar-refractivity contribution is 0.0941. The van der Waals surface area contributed by atoms with E-state index in [1.54, 1.807) is 32.1 Å². The Morgan fingerprint density at radius 1 is 0.966 bits per heavy atom. The molecule has 0 aliphatic carbocycles. The van der Waals surface area contributed by atoms with E-state index in [-0.39, 0.29) is 5.91 Å². The van der Waals surface area contributed by atoms with Crippen LogP contribution in [0.25, 0.3) is 16.9 Å². The van der Waals surface area contributed by atoms with Crippen LogP contribution in [-0.2, 0) is 4.74 Å². The summed E-state index contributed by atoms with van der Waals surface area (Å²) in [5, 5.41) is 7.60. The quantitative estimate of drug-likeness (QED) is 0.563. The molecule has 29 heavy (non-hydrogen) atoms. The highest BCUT2D eigenvalue weighted by Crippen LogP contribution is 2.25. The van der Waals surface area contributed by atoms with Gasteiger partial charge in [0, 0.05) is 25.8 Å². The van der Waals surface area contributed by atoms with Crippen molar-refractivity contribution in [3.8, 4) is 28.4 Å². The molecule has 0 aliphatic rings. The van der Waals surface area contributed by atoms with E-state index in [1.165, 1.54) is 0 Å². The van der Waals surface area contributed by atoms with E-state index in [1.807, 2.05) is 48.5 Å². The van der Waals surface area contributed by atoms with Crippen LogP contribution < -0.4 is 14.8 Å². The molecular weight excluding hydrogens is 370 g/mol. The van der Waals surface area contributed by atoms with Gasteiger partial charge < -0.3 is 19.5 Å².